The minimum absolute atomic E-state index is 0.0698. The van der Waals surface area contributed by atoms with Gasteiger partial charge >= 0.3 is 6.18 Å². The summed E-state index contributed by atoms with van der Waals surface area (Å²) >= 11 is 1.40. The van der Waals surface area contributed by atoms with Gasteiger partial charge in [-0.3, -0.25) is 9.59 Å². The summed E-state index contributed by atoms with van der Waals surface area (Å²) in [6.45, 7) is 10.7. The average Bonchev–Trinajstić information content (AvgIpc) is 3.23. The number of alkyl halides is 3. The highest BCUT2D eigenvalue weighted by atomic mass is 32.1. The number of hydrogen-bond acceptors (Lipinski definition) is 5. The number of ketones is 2. The maximum Gasteiger partial charge on any atom is 0.416 e. The van der Waals surface area contributed by atoms with Gasteiger partial charge in [0, 0.05) is 22.4 Å². The molecule has 0 aliphatic carbocycles. The third kappa shape index (κ3) is 6.40. The number of ether oxygens (including phenoxy) is 1. The van der Waals surface area contributed by atoms with Crippen LogP contribution in [-0.4, -0.2) is 22.2 Å². The van der Waals surface area contributed by atoms with Crippen molar-refractivity contribution >= 4 is 22.9 Å². The highest BCUT2D eigenvalue weighted by Gasteiger charge is 2.30. The zero-order valence-corrected chi connectivity index (χ0v) is 22.1. The van der Waals surface area contributed by atoms with Gasteiger partial charge in [0.15, 0.2) is 17.2 Å². The van der Waals surface area contributed by atoms with E-state index in [1.165, 1.54) is 30.4 Å². The number of thiazole rings is 1. The molecular weight excluding hydrogens is 487 g/mol. The van der Waals surface area contributed by atoms with Gasteiger partial charge in [-0.05, 0) is 63.8 Å². The summed E-state index contributed by atoms with van der Waals surface area (Å²) in [5, 5.41) is 0.632. The number of hydrogen-bond donors (Lipinski definition) is 0. The van der Waals surface area contributed by atoms with E-state index < -0.39 is 17.3 Å². The fourth-order valence-electron chi connectivity index (χ4n) is 3.52. The number of benzene rings is 2. The lowest BCUT2D eigenvalue weighted by atomic mass is 10.0. The Hall–Kier alpha value is -3.00. The first kappa shape index (κ1) is 27.6. The van der Waals surface area contributed by atoms with Crippen LogP contribution in [0.15, 0.2) is 42.5 Å². The molecule has 4 nitrogen and oxygen atoms in total. The molecule has 3 aromatic rings. The van der Waals surface area contributed by atoms with Gasteiger partial charge in [-0.1, -0.05) is 38.1 Å². The molecule has 0 saturated carbocycles. The highest BCUT2D eigenvalue weighted by molar-refractivity contribution is 7.15. The van der Waals surface area contributed by atoms with Crippen molar-refractivity contribution < 1.29 is 27.5 Å². The molecular formula is C28H30F3NO3S. The van der Waals surface area contributed by atoms with E-state index in [0.29, 0.717) is 28.3 Å². The standard InChI is InChI=1S/C28H30F3NO3S/c1-16(2)25-24(36-26(32-25)19-9-11-21(12-10-19)28(29,30)31)14-13-22(34)20-8-7-17(3)23(15-20)35-27(5,6)18(4)33/h7-12,15-16H,13-14H2,1-6H3. The van der Waals surface area contributed by atoms with E-state index in [0.717, 1.165) is 28.3 Å². The van der Waals surface area contributed by atoms with Crippen LogP contribution in [0.3, 0.4) is 0 Å². The second kappa shape index (κ2) is 10.5. The fraction of sp³-hybridized carbons (Fsp3) is 0.393. The van der Waals surface area contributed by atoms with Crippen LogP contribution in [0.4, 0.5) is 13.2 Å². The van der Waals surface area contributed by atoms with Crippen molar-refractivity contribution in [2.45, 2.75) is 72.1 Å². The molecule has 0 bridgehead atoms. The van der Waals surface area contributed by atoms with Crippen LogP contribution in [0.2, 0.25) is 0 Å². The molecule has 0 N–H and O–H groups in total. The van der Waals surface area contributed by atoms with Crippen LogP contribution in [-0.2, 0) is 17.4 Å². The third-order valence-corrected chi connectivity index (χ3v) is 7.22. The Labute approximate surface area is 213 Å². The molecule has 36 heavy (non-hydrogen) atoms. The molecule has 0 radical (unpaired) electrons. The first-order valence-electron chi connectivity index (χ1n) is 11.7. The minimum atomic E-state index is -4.39. The first-order chi connectivity index (χ1) is 16.7. The van der Waals surface area contributed by atoms with Crippen molar-refractivity contribution in [2.75, 3.05) is 0 Å². The molecule has 0 fully saturated rings. The summed E-state index contributed by atoms with van der Waals surface area (Å²) in [4.78, 5) is 30.5. The first-order valence-corrected chi connectivity index (χ1v) is 12.5. The zero-order chi connectivity index (χ0) is 26.8. The number of nitrogens with zero attached hydrogens (tertiary/aromatic N) is 1. The van der Waals surface area contributed by atoms with Crippen molar-refractivity contribution in [1.82, 2.24) is 4.98 Å². The number of aromatic nitrogens is 1. The molecule has 0 amide bonds. The van der Waals surface area contributed by atoms with Gasteiger partial charge in [-0.2, -0.15) is 13.2 Å². The Kier molecular flexibility index (Phi) is 8.08. The summed E-state index contributed by atoms with van der Waals surface area (Å²) in [6, 6.07) is 10.2. The lowest BCUT2D eigenvalue weighted by Gasteiger charge is -2.24. The molecule has 192 valence electrons. The summed E-state index contributed by atoms with van der Waals surface area (Å²) in [5.74, 6) is 0.405. The van der Waals surface area contributed by atoms with E-state index in [1.54, 1.807) is 32.0 Å². The van der Waals surface area contributed by atoms with E-state index in [-0.39, 0.29) is 23.9 Å². The Bertz CT molecular complexity index is 1260. The molecule has 0 saturated heterocycles. The van der Waals surface area contributed by atoms with Gasteiger partial charge < -0.3 is 4.74 Å². The fourth-order valence-corrected chi connectivity index (χ4v) is 4.74. The second-order valence-electron chi connectivity index (χ2n) is 9.63. The summed E-state index contributed by atoms with van der Waals surface area (Å²) in [5.41, 5.74) is 1.07. The van der Waals surface area contributed by atoms with Gasteiger partial charge in [0.25, 0.3) is 0 Å². The van der Waals surface area contributed by atoms with E-state index in [4.69, 9.17) is 4.74 Å². The lowest BCUT2D eigenvalue weighted by molar-refractivity contribution is -0.137. The molecule has 0 atom stereocenters. The molecule has 0 aliphatic heterocycles. The van der Waals surface area contributed by atoms with Crippen molar-refractivity contribution in [2.24, 2.45) is 0 Å². The molecule has 8 heteroatoms. The second-order valence-corrected chi connectivity index (χ2v) is 10.7. The van der Waals surface area contributed by atoms with Crippen LogP contribution in [0.1, 0.15) is 79.0 Å². The number of aryl methyl sites for hydroxylation is 2. The number of halogens is 3. The summed E-state index contributed by atoms with van der Waals surface area (Å²) < 4.78 is 44.6. The normalized spacial score (nSPS) is 12.2. The highest BCUT2D eigenvalue weighted by Crippen LogP contribution is 2.35. The van der Waals surface area contributed by atoms with Crippen molar-refractivity contribution in [3.05, 3.63) is 69.7 Å². The van der Waals surface area contributed by atoms with Crippen LogP contribution >= 0.6 is 11.3 Å². The molecule has 2 aromatic carbocycles. The van der Waals surface area contributed by atoms with Gasteiger partial charge in [-0.15, -0.1) is 11.3 Å². The van der Waals surface area contributed by atoms with Gasteiger partial charge in [0.2, 0.25) is 0 Å². The summed E-state index contributed by atoms with van der Waals surface area (Å²) in [7, 11) is 0. The molecule has 0 spiro atoms. The Morgan fingerprint density at radius 3 is 2.25 bits per heavy atom. The van der Waals surface area contributed by atoms with Crippen molar-refractivity contribution in [3.8, 4) is 16.3 Å². The van der Waals surface area contributed by atoms with Crippen LogP contribution in [0, 0.1) is 6.92 Å². The van der Waals surface area contributed by atoms with E-state index in [1.807, 2.05) is 20.8 Å². The monoisotopic (exact) mass is 517 g/mol. The molecule has 0 aliphatic rings. The van der Waals surface area contributed by atoms with Gasteiger partial charge in [0.1, 0.15) is 10.8 Å². The van der Waals surface area contributed by atoms with E-state index >= 15 is 0 Å². The largest absolute Gasteiger partial charge is 0.480 e. The zero-order valence-electron chi connectivity index (χ0n) is 21.2. The topological polar surface area (TPSA) is 56.3 Å². The van der Waals surface area contributed by atoms with Gasteiger partial charge in [-0.25, -0.2) is 4.98 Å². The number of Topliss-reactive ketones (excluding diaryl/α,β-unsaturated/α-hetero) is 2. The van der Waals surface area contributed by atoms with Gasteiger partial charge in [0.05, 0.1) is 11.3 Å². The SMILES string of the molecule is CC(=O)C(C)(C)Oc1cc(C(=O)CCc2sc(-c3ccc(C(F)(F)F)cc3)nc2C(C)C)ccc1C. The molecule has 3 rings (SSSR count). The predicted octanol–water partition coefficient (Wildman–Crippen LogP) is 7.82. The maximum atomic E-state index is 13.0. The van der Waals surface area contributed by atoms with Crippen LogP contribution in [0.5, 0.6) is 5.75 Å². The summed E-state index contributed by atoms with van der Waals surface area (Å²) in [6.07, 6.45) is -3.68. The van der Waals surface area contributed by atoms with Crippen molar-refractivity contribution in [1.29, 1.82) is 0 Å². The van der Waals surface area contributed by atoms with Crippen molar-refractivity contribution in [3.63, 3.8) is 0 Å². The Morgan fingerprint density at radius 1 is 1.06 bits per heavy atom. The smallest absolute Gasteiger partial charge is 0.416 e. The Balaban J connectivity index is 1.79. The number of rotatable bonds is 9. The molecule has 1 heterocycles. The van der Waals surface area contributed by atoms with E-state index in [9.17, 15) is 22.8 Å². The molecule has 0 unspecified atom stereocenters. The minimum Gasteiger partial charge on any atom is -0.480 e. The van der Waals surface area contributed by atoms with E-state index in [2.05, 4.69) is 4.98 Å². The number of carbonyl (C=O) groups excluding carboxylic acids is 2. The lowest BCUT2D eigenvalue weighted by Crippen LogP contribution is -2.36. The van der Waals surface area contributed by atoms with Crippen LogP contribution in [0.25, 0.3) is 10.6 Å². The van der Waals surface area contributed by atoms with Crippen LogP contribution < -0.4 is 4.74 Å². The maximum absolute atomic E-state index is 13.0. The predicted molar refractivity (Wildman–Crippen MR) is 136 cm³/mol. The number of carbonyl (C=O) groups is 2. The Morgan fingerprint density at radius 2 is 1.69 bits per heavy atom. The molecule has 1 aromatic heterocycles. The third-order valence-electron chi connectivity index (χ3n) is 6.04. The average molecular weight is 518 g/mol. The quantitative estimate of drug-likeness (QED) is 0.272.